The Bertz CT molecular complexity index is 1030. The van der Waals surface area contributed by atoms with E-state index in [0.29, 0.717) is 22.4 Å². The topological polar surface area (TPSA) is 102 Å². The van der Waals surface area contributed by atoms with Gasteiger partial charge in [0.15, 0.2) is 12.2 Å². The molecule has 0 spiro atoms. The summed E-state index contributed by atoms with van der Waals surface area (Å²) in [4.78, 5) is 41.2. The zero-order chi connectivity index (χ0) is 20.8. The molecule has 2 aromatic carbocycles. The lowest BCUT2D eigenvalue weighted by molar-refractivity contribution is -0.142. The standard InChI is InChI=1S/C21H19N3O5/c1-24(2)21(27)14-7-9-15(10-8-14)22-18(25)13-28-20(26)12-11-19-23-16-5-3-4-6-17(16)29-19/h3-12H,13H2,1-2H3,(H,22,25)/b12-11+. The van der Waals surface area contributed by atoms with Crippen LogP contribution in [0.1, 0.15) is 16.2 Å². The van der Waals surface area contributed by atoms with Crippen LogP contribution in [0.4, 0.5) is 5.69 Å². The first kappa shape index (κ1) is 19.8. The number of ether oxygens (including phenoxy) is 1. The quantitative estimate of drug-likeness (QED) is 0.510. The van der Waals surface area contributed by atoms with Crippen molar-refractivity contribution in [3.05, 3.63) is 66.1 Å². The van der Waals surface area contributed by atoms with Gasteiger partial charge in [0.05, 0.1) is 0 Å². The third-order valence-corrected chi connectivity index (χ3v) is 3.84. The van der Waals surface area contributed by atoms with Crippen LogP contribution in [-0.2, 0) is 14.3 Å². The molecule has 1 aromatic heterocycles. The molecule has 0 saturated carbocycles. The van der Waals surface area contributed by atoms with Crippen molar-refractivity contribution in [2.75, 3.05) is 26.0 Å². The lowest BCUT2D eigenvalue weighted by Gasteiger charge is -2.11. The number of hydrogen-bond donors (Lipinski definition) is 1. The second kappa shape index (κ2) is 8.83. The molecule has 0 atom stereocenters. The maximum absolute atomic E-state index is 11.9. The lowest BCUT2D eigenvalue weighted by Crippen LogP contribution is -2.22. The molecule has 1 N–H and O–H groups in total. The van der Waals surface area contributed by atoms with Crippen LogP contribution in [0, 0.1) is 0 Å². The molecule has 3 rings (SSSR count). The molecule has 2 amide bonds. The summed E-state index contributed by atoms with van der Waals surface area (Å²) in [6, 6.07) is 13.6. The van der Waals surface area contributed by atoms with Gasteiger partial charge in [-0.25, -0.2) is 9.78 Å². The zero-order valence-corrected chi connectivity index (χ0v) is 15.9. The van der Waals surface area contributed by atoms with E-state index in [2.05, 4.69) is 10.3 Å². The van der Waals surface area contributed by atoms with Crippen molar-refractivity contribution in [3.8, 4) is 0 Å². The van der Waals surface area contributed by atoms with Gasteiger partial charge in [-0.05, 0) is 36.4 Å². The highest BCUT2D eigenvalue weighted by Gasteiger charge is 2.09. The van der Waals surface area contributed by atoms with E-state index in [9.17, 15) is 14.4 Å². The Balaban J connectivity index is 1.48. The van der Waals surface area contributed by atoms with Crippen molar-refractivity contribution in [3.63, 3.8) is 0 Å². The Hall–Kier alpha value is -3.94. The Kier molecular flexibility index (Phi) is 6.03. The van der Waals surface area contributed by atoms with Gasteiger partial charge < -0.3 is 19.4 Å². The number of oxazole rings is 1. The zero-order valence-electron chi connectivity index (χ0n) is 15.9. The highest BCUT2D eigenvalue weighted by molar-refractivity contribution is 5.96. The first-order valence-corrected chi connectivity index (χ1v) is 8.74. The SMILES string of the molecule is CN(C)C(=O)c1ccc(NC(=O)COC(=O)/C=C/c2nc3ccccc3o2)cc1. The van der Waals surface area contributed by atoms with E-state index in [1.165, 1.54) is 11.0 Å². The number of esters is 1. The second-order valence-electron chi connectivity index (χ2n) is 6.29. The average Bonchev–Trinajstić information content (AvgIpc) is 3.13. The van der Waals surface area contributed by atoms with Crippen LogP contribution < -0.4 is 5.32 Å². The van der Waals surface area contributed by atoms with Crippen molar-refractivity contribution in [2.24, 2.45) is 0 Å². The van der Waals surface area contributed by atoms with Crippen molar-refractivity contribution < 1.29 is 23.5 Å². The molecule has 0 aliphatic carbocycles. The Morgan fingerprint density at radius 2 is 1.83 bits per heavy atom. The number of rotatable bonds is 6. The van der Waals surface area contributed by atoms with Gasteiger partial charge >= 0.3 is 5.97 Å². The predicted octanol–water partition coefficient (Wildman–Crippen LogP) is 2.72. The number of benzene rings is 2. The van der Waals surface area contributed by atoms with Gasteiger partial charge in [-0.15, -0.1) is 0 Å². The van der Waals surface area contributed by atoms with Gasteiger partial charge in [0.25, 0.3) is 11.8 Å². The summed E-state index contributed by atoms with van der Waals surface area (Å²) in [6.45, 7) is -0.449. The summed E-state index contributed by atoms with van der Waals surface area (Å²) in [5.74, 6) is -1.07. The molecule has 0 fully saturated rings. The van der Waals surface area contributed by atoms with Crippen LogP contribution in [-0.4, -0.2) is 48.4 Å². The van der Waals surface area contributed by atoms with Gasteiger partial charge in [-0.3, -0.25) is 9.59 Å². The summed E-state index contributed by atoms with van der Waals surface area (Å²) < 4.78 is 10.3. The summed E-state index contributed by atoms with van der Waals surface area (Å²) in [5.41, 5.74) is 2.28. The fourth-order valence-electron chi connectivity index (χ4n) is 2.44. The van der Waals surface area contributed by atoms with Gasteiger partial charge in [0.1, 0.15) is 5.52 Å². The van der Waals surface area contributed by atoms with E-state index in [4.69, 9.17) is 9.15 Å². The molecule has 0 aliphatic heterocycles. The number of nitrogens with one attached hydrogen (secondary N) is 1. The van der Waals surface area contributed by atoms with Crippen molar-refractivity contribution in [1.82, 2.24) is 9.88 Å². The molecule has 8 nitrogen and oxygen atoms in total. The molecule has 0 bridgehead atoms. The number of anilines is 1. The van der Waals surface area contributed by atoms with Crippen molar-refractivity contribution in [2.45, 2.75) is 0 Å². The van der Waals surface area contributed by atoms with Crippen molar-refractivity contribution in [1.29, 1.82) is 0 Å². The van der Waals surface area contributed by atoms with E-state index in [0.717, 1.165) is 6.08 Å². The van der Waals surface area contributed by atoms with Crippen LogP contribution >= 0.6 is 0 Å². The van der Waals surface area contributed by atoms with E-state index >= 15 is 0 Å². The molecule has 8 heteroatoms. The highest BCUT2D eigenvalue weighted by Crippen LogP contribution is 2.15. The van der Waals surface area contributed by atoms with Crippen molar-refractivity contribution >= 4 is 40.6 Å². The fourth-order valence-corrected chi connectivity index (χ4v) is 2.44. The third-order valence-electron chi connectivity index (χ3n) is 3.84. The monoisotopic (exact) mass is 393 g/mol. The van der Waals surface area contributed by atoms with E-state index in [-0.39, 0.29) is 11.8 Å². The van der Waals surface area contributed by atoms with E-state index < -0.39 is 18.5 Å². The van der Waals surface area contributed by atoms with E-state index in [1.54, 1.807) is 50.5 Å². The van der Waals surface area contributed by atoms with Gasteiger partial charge in [-0.2, -0.15) is 0 Å². The molecule has 3 aromatic rings. The molecule has 148 valence electrons. The van der Waals surface area contributed by atoms with Crippen LogP contribution in [0.15, 0.2) is 59.0 Å². The highest BCUT2D eigenvalue weighted by atomic mass is 16.5. The Morgan fingerprint density at radius 3 is 2.52 bits per heavy atom. The lowest BCUT2D eigenvalue weighted by atomic mass is 10.2. The number of nitrogens with zero attached hydrogens (tertiary/aromatic N) is 2. The smallest absolute Gasteiger partial charge is 0.331 e. The van der Waals surface area contributed by atoms with Gasteiger partial charge in [0.2, 0.25) is 5.89 Å². The summed E-state index contributed by atoms with van der Waals surface area (Å²) in [5, 5.41) is 2.59. The second-order valence-corrected chi connectivity index (χ2v) is 6.29. The number of carbonyl (C=O) groups excluding carboxylic acids is 3. The molecular weight excluding hydrogens is 374 g/mol. The fraction of sp³-hybridized carbons (Fsp3) is 0.143. The van der Waals surface area contributed by atoms with Crippen LogP contribution in [0.25, 0.3) is 17.2 Å². The number of fused-ring (bicyclic) bond motifs is 1. The number of aromatic nitrogens is 1. The molecule has 0 saturated heterocycles. The third kappa shape index (κ3) is 5.29. The molecule has 0 aliphatic rings. The van der Waals surface area contributed by atoms with Gasteiger partial charge in [0, 0.05) is 37.5 Å². The minimum absolute atomic E-state index is 0.137. The molecular formula is C21H19N3O5. The Labute approximate surface area is 166 Å². The van der Waals surface area contributed by atoms with Gasteiger partial charge in [-0.1, -0.05) is 12.1 Å². The first-order valence-electron chi connectivity index (χ1n) is 8.74. The largest absolute Gasteiger partial charge is 0.452 e. The minimum atomic E-state index is -0.700. The molecule has 0 radical (unpaired) electrons. The van der Waals surface area contributed by atoms with Crippen LogP contribution in [0.3, 0.4) is 0 Å². The van der Waals surface area contributed by atoms with Crippen LogP contribution in [0.2, 0.25) is 0 Å². The average molecular weight is 393 g/mol. The van der Waals surface area contributed by atoms with Crippen LogP contribution in [0.5, 0.6) is 0 Å². The number of carbonyl (C=O) groups is 3. The number of para-hydroxylation sites is 2. The summed E-state index contributed by atoms with van der Waals surface area (Å²) in [6.07, 6.45) is 2.51. The van der Waals surface area contributed by atoms with E-state index in [1.807, 2.05) is 12.1 Å². The predicted molar refractivity (Wildman–Crippen MR) is 107 cm³/mol. The maximum Gasteiger partial charge on any atom is 0.331 e. The molecule has 1 heterocycles. The first-order chi connectivity index (χ1) is 13.9. The molecule has 0 unspecified atom stereocenters. The normalized spacial score (nSPS) is 10.8. The summed E-state index contributed by atoms with van der Waals surface area (Å²) in [7, 11) is 3.32. The maximum atomic E-state index is 11.9. The number of amides is 2. The molecule has 29 heavy (non-hydrogen) atoms. The number of hydrogen-bond acceptors (Lipinski definition) is 6. The summed E-state index contributed by atoms with van der Waals surface area (Å²) >= 11 is 0. The Morgan fingerprint density at radius 1 is 1.10 bits per heavy atom. The minimum Gasteiger partial charge on any atom is -0.452 e.